The first-order chi connectivity index (χ1) is 14.7. The Morgan fingerprint density at radius 2 is 1.83 bits per heavy atom. The topological polar surface area (TPSA) is 54.0 Å². The van der Waals surface area contributed by atoms with Crippen molar-refractivity contribution >= 4 is 11.8 Å². The van der Waals surface area contributed by atoms with Gasteiger partial charge in [-0.25, -0.2) is 4.79 Å². The largest absolute Gasteiger partial charge is 0.491 e. The zero-order valence-electron chi connectivity index (χ0n) is 19.2. The number of anilines is 1. The summed E-state index contributed by atoms with van der Waals surface area (Å²) < 4.78 is 11.8. The van der Waals surface area contributed by atoms with Crippen LogP contribution in [0.5, 0.6) is 5.75 Å². The summed E-state index contributed by atoms with van der Waals surface area (Å²) in [6.07, 6.45) is 6.52. The van der Waals surface area contributed by atoms with E-state index in [1.165, 1.54) is 25.7 Å². The van der Waals surface area contributed by atoms with E-state index in [0.29, 0.717) is 18.0 Å². The first-order valence-electron chi connectivity index (χ1n) is 11.8. The van der Waals surface area contributed by atoms with Gasteiger partial charge in [-0.05, 0) is 57.6 Å². The summed E-state index contributed by atoms with van der Waals surface area (Å²) in [6.45, 7) is 12.8. The maximum absolute atomic E-state index is 12.7. The highest BCUT2D eigenvalue weighted by atomic mass is 16.6. The highest BCUT2D eigenvalue weighted by molar-refractivity contribution is 5.86. The van der Waals surface area contributed by atoms with Gasteiger partial charge in [0.05, 0.1) is 12.3 Å². The lowest BCUT2D eigenvalue weighted by molar-refractivity contribution is 0.0604. The number of para-hydroxylation sites is 2. The van der Waals surface area contributed by atoms with E-state index < -0.39 is 6.09 Å². The van der Waals surface area contributed by atoms with Crippen molar-refractivity contribution in [2.24, 2.45) is 0 Å². The second kappa shape index (κ2) is 14.3. The molecule has 6 nitrogen and oxygen atoms in total. The van der Waals surface area contributed by atoms with Gasteiger partial charge in [0.2, 0.25) is 0 Å². The van der Waals surface area contributed by atoms with Crippen molar-refractivity contribution in [2.75, 3.05) is 51.2 Å². The molecule has 170 valence electrons. The van der Waals surface area contributed by atoms with Crippen molar-refractivity contribution in [1.82, 2.24) is 9.80 Å². The van der Waals surface area contributed by atoms with Crippen LogP contribution in [0.15, 0.2) is 24.3 Å². The summed E-state index contributed by atoms with van der Waals surface area (Å²) in [6, 6.07) is 7.58. The molecule has 1 atom stereocenters. The Labute approximate surface area is 182 Å². The number of benzene rings is 1. The number of carbonyl (C=O) groups excluding carboxylic acids is 1. The van der Waals surface area contributed by atoms with E-state index >= 15 is 0 Å². The summed E-state index contributed by atoms with van der Waals surface area (Å²) in [5, 5.41) is 2.90. The first kappa shape index (κ1) is 24.5. The summed E-state index contributed by atoms with van der Waals surface area (Å²) in [4.78, 5) is 17.4. The Hall–Kier alpha value is -1.79. The van der Waals surface area contributed by atoms with Crippen molar-refractivity contribution < 1.29 is 14.3 Å². The lowest BCUT2D eigenvalue weighted by Crippen LogP contribution is -2.42. The predicted octanol–water partition coefficient (Wildman–Crippen LogP) is 5.00. The number of nitrogens with one attached hydrogen (secondary N) is 1. The minimum atomic E-state index is -0.409. The van der Waals surface area contributed by atoms with Crippen molar-refractivity contribution in [3.05, 3.63) is 24.3 Å². The second-order valence-corrected chi connectivity index (χ2v) is 8.05. The third kappa shape index (κ3) is 8.92. The molecule has 0 aliphatic carbocycles. The van der Waals surface area contributed by atoms with Gasteiger partial charge in [0.15, 0.2) is 0 Å². The van der Waals surface area contributed by atoms with Gasteiger partial charge in [0.1, 0.15) is 11.9 Å². The standard InChI is InChI=1S/C24H41N3O3/c1-4-7-8-13-18-29-23-15-10-9-14-22(23)25-24(28)30-21(19-26(5-2)6-3)20-27-16-11-12-17-27/h9-10,14-15,21H,4-8,11-13,16-20H2,1-3H3,(H,25,28). The van der Waals surface area contributed by atoms with Crippen molar-refractivity contribution in [3.63, 3.8) is 0 Å². The van der Waals surface area contributed by atoms with Crippen LogP contribution in [0.1, 0.15) is 59.3 Å². The molecule has 1 aliphatic rings. The summed E-state index contributed by atoms with van der Waals surface area (Å²) in [5.41, 5.74) is 0.667. The van der Waals surface area contributed by atoms with Crippen LogP contribution in [0.25, 0.3) is 0 Å². The van der Waals surface area contributed by atoms with Gasteiger partial charge >= 0.3 is 6.09 Å². The highest BCUT2D eigenvalue weighted by Gasteiger charge is 2.23. The van der Waals surface area contributed by atoms with Gasteiger partial charge in [0.25, 0.3) is 0 Å². The third-order valence-electron chi connectivity index (χ3n) is 5.67. The zero-order chi connectivity index (χ0) is 21.6. The SMILES string of the molecule is CCCCCCOc1ccccc1NC(=O)OC(CN(CC)CC)CN1CCCC1. The molecule has 1 saturated heterocycles. The van der Waals surface area contributed by atoms with Crippen molar-refractivity contribution in [1.29, 1.82) is 0 Å². The molecule has 0 bridgehead atoms. The number of nitrogens with zero attached hydrogens (tertiary/aromatic N) is 2. The minimum Gasteiger partial charge on any atom is -0.491 e. The fourth-order valence-electron chi connectivity index (χ4n) is 3.85. The van der Waals surface area contributed by atoms with Gasteiger partial charge < -0.3 is 14.4 Å². The van der Waals surface area contributed by atoms with E-state index in [2.05, 4.69) is 35.9 Å². The Morgan fingerprint density at radius 3 is 2.53 bits per heavy atom. The Morgan fingerprint density at radius 1 is 1.10 bits per heavy atom. The quantitative estimate of drug-likeness (QED) is 0.430. The molecule has 0 spiro atoms. The Balaban J connectivity index is 1.91. The summed E-state index contributed by atoms with van der Waals surface area (Å²) in [7, 11) is 0. The smallest absolute Gasteiger partial charge is 0.412 e. The number of hydrogen-bond acceptors (Lipinski definition) is 5. The highest BCUT2D eigenvalue weighted by Crippen LogP contribution is 2.24. The summed E-state index contributed by atoms with van der Waals surface area (Å²) >= 11 is 0. The molecule has 1 fully saturated rings. The van der Waals surface area contributed by atoms with E-state index in [9.17, 15) is 4.79 Å². The molecule has 1 N–H and O–H groups in total. The number of carbonyl (C=O) groups is 1. The molecule has 1 aromatic rings. The first-order valence-corrected chi connectivity index (χ1v) is 11.8. The summed E-state index contributed by atoms with van der Waals surface area (Å²) in [5.74, 6) is 0.700. The molecule has 1 aliphatic heterocycles. The molecule has 30 heavy (non-hydrogen) atoms. The third-order valence-corrected chi connectivity index (χ3v) is 5.67. The number of likely N-dealkylation sites (tertiary alicyclic amines) is 1. The minimum absolute atomic E-state index is 0.148. The maximum Gasteiger partial charge on any atom is 0.412 e. The van der Waals surface area contributed by atoms with Crippen LogP contribution in [-0.2, 0) is 4.74 Å². The van der Waals surface area contributed by atoms with Gasteiger partial charge in [-0.15, -0.1) is 0 Å². The van der Waals surface area contributed by atoms with Gasteiger partial charge in [-0.1, -0.05) is 52.2 Å². The van der Waals surface area contributed by atoms with E-state index in [-0.39, 0.29) is 6.10 Å². The van der Waals surface area contributed by atoms with Crippen LogP contribution in [-0.4, -0.2) is 67.9 Å². The van der Waals surface area contributed by atoms with Crippen LogP contribution in [0.4, 0.5) is 10.5 Å². The monoisotopic (exact) mass is 419 g/mol. The molecule has 2 rings (SSSR count). The van der Waals surface area contributed by atoms with Crippen LogP contribution in [0.3, 0.4) is 0 Å². The van der Waals surface area contributed by atoms with Crippen molar-refractivity contribution in [3.8, 4) is 5.75 Å². The number of amides is 1. The lowest BCUT2D eigenvalue weighted by atomic mass is 10.2. The van der Waals surface area contributed by atoms with E-state index in [4.69, 9.17) is 9.47 Å². The fraction of sp³-hybridized carbons (Fsp3) is 0.708. The Bertz CT molecular complexity index is 597. The number of unbranched alkanes of at least 4 members (excludes halogenated alkanes) is 3. The molecule has 1 amide bonds. The molecule has 0 saturated carbocycles. The normalized spacial score (nSPS) is 15.3. The Kier molecular flexibility index (Phi) is 11.6. The van der Waals surface area contributed by atoms with Crippen LogP contribution in [0, 0.1) is 0 Å². The predicted molar refractivity (Wildman–Crippen MR) is 123 cm³/mol. The molecule has 1 unspecified atom stereocenters. The maximum atomic E-state index is 12.7. The second-order valence-electron chi connectivity index (χ2n) is 8.05. The van der Waals surface area contributed by atoms with E-state index in [1.54, 1.807) is 0 Å². The average Bonchev–Trinajstić information content (AvgIpc) is 3.25. The number of ether oxygens (including phenoxy) is 2. The molecule has 0 aromatic heterocycles. The molecular formula is C24H41N3O3. The molecular weight excluding hydrogens is 378 g/mol. The average molecular weight is 420 g/mol. The van der Waals surface area contributed by atoms with Crippen LogP contribution >= 0.6 is 0 Å². The van der Waals surface area contributed by atoms with Gasteiger partial charge in [-0.2, -0.15) is 0 Å². The van der Waals surface area contributed by atoms with Crippen LogP contribution < -0.4 is 10.1 Å². The van der Waals surface area contributed by atoms with E-state index in [1.807, 2.05) is 24.3 Å². The van der Waals surface area contributed by atoms with E-state index in [0.717, 1.165) is 52.1 Å². The molecule has 1 heterocycles. The molecule has 6 heteroatoms. The number of hydrogen-bond donors (Lipinski definition) is 1. The lowest BCUT2D eigenvalue weighted by Gasteiger charge is -2.28. The number of rotatable bonds is 14. The molecule has 1 aromatic carbocycles. The van der Waals surface area contributed by atoms with Crippen LogP contribution in [0.2, 0.25) is 0 Å². The zero-order valence-corrected chi connectivity index (χ0v) is 19.2. The number of likely N-dealkylation sites (N-methyl/N-ethyl adjacent to an activating group) is 1. The van der Waals surface area contributed by atoms with Crippen molar-refractivity contribution in [2.45, 2.75) is 65.4 Å². The molecule has 0 radical (unpaired) electrons. The fourth-order valence-corrected chi connectivity index (χ4v) is 3.85. The van der Waals surface area contributed by atoms with Gasteiger partial charge in [0, 0.05) is 13.1 Å². The van der Waals surface area contributed by atoms with Gasteiger partial charge in [-0.3, -0.25) is 10.2 Å².